The lowest BCUT2D eigenvalue weighted by Gasteiger charge is -2.19. The van der Waals surface area contributed by atoms with Gasteiger partial charge in [-0.15, -0.1) is 0 Å². The number of benzene rings is 1. The normalized spacial score (nSPS) is 12.8. The van der Waals surface area contributed by atoms with E-state index in [4.69, 9.17) is 0 Å². The Bertz CT molecular complexity index is 858. The second-order valence-electron chi connectivity index (χ2n) is 6.74. The highest BCUT2D eigenvalue weighted by Crippen LogP contribution is 2.27. The third-order valence-electron chi connectivity index (χ3n) is 3.73. The van der Waals surface area contributed by atoms with E-state index in [1.54, 1.807) is 0 Å². The van der Waals surface area contributed by atoms with Gasteiger partial charge in [0, 0.05) is 6.42 Å². The molecule has 7 heteroatoms. The van der Waals surface area contributed by atoms with E-state index in [0.717, 1.165) is 11.8 Å². The molecule has 24 heavy (non-hydrogen) atoms. The average molecular weight is 334 g/mol. The summed E-state index contributed by atoms with van der Waals surface area (Å²) in [5.41, 5.74) is 2.73. The molecule has 2 heterocycles. The Morgan fingerprint density at radius 1 is 1.00 bits per heavy atom. The van der Waals surface area contributed by atoms with Crippen molar-refractivity contribution in [2.75, 3.05) is 0 Å². The van der Waals surface area contributed by atoms with Crippen LogP contribution in [0.1, 0.15) is 43.5 Å². The lowest BCUT2D eigenvalue weighted by Crippen LogP contribution is -2.10. The van der Waals surface area contributed by atoms with Crippen molar-refractivity contribution in [2.24, 2.45) is 0 Å². The fourth-order valence-electron chi connectivity index (χ4n) is 2.39. The molecule has 126 valence electrons. The number of imidazole rings is 1. The first-order valence-corrected chi connectivity index (χ1v) is 7.51. The van der Waals surface area contributed by atoms with Crippen LogP contribution in [0.3, 0.4) is 0 Å². The lowest BCUT2D eigenvalue weighted by molar-refractivity contribution is -0.144. The molecule has 1 aromatic carbocycles. The molecule has 0 saturated carbocycles. The summed E-state index contributed by atoms with van der Waals surface area (Å²) in [6, 6.07) is 8.11. The standard InChI is InChI=1S/C17H17F3N4/c1-16(2,3)11-6-4-10(5-7-11)8-13-22-12-9-21-15(17(18,19)20)24-14(12)23-13/h4-7,9H,8H2,1-3H3,(H,21,22,23,24). The topological polar surface area (TPSA) is 54.5 Å². The van der Waals surface area contributed by atoms with Gasteiger partial charge in [-0.2, -0.15) is 13.2 Å². The van der Waals surface area contributed by atoms with E-state index in [-0.39, 0.29) is 11.1 Å². The number of hydrogen-bond acceptors (Lipinski definition) is 3. The highest BCUT2D eigenvalue weighted by molar-refractivity contribution is 5.69. The van der Waals surface area contributed by atoms with Crippen molar-refractivity contribution < 1.29 is 13.2 Å². The molecule has 0 amide bonds. The van der Waals surface area contributed by atoms with Crippen LogP contribution >= 0.6 is 0 Å². The number of rotatable bonds is 2. The maximum Gasteiger partial charge on any atom is 0.451 e. The molecular formula is C17H17F3N4. The van der Waals surface area contributed by atoms with Crippen LogP contribution in [0.2, 0.25) is 0 Å². The predicted molar refractivity (Wildman–Crippen MR) is 84.6 cm³/mol. The Morgan fingerprint density at radius 2 is 1.67 bits per heavy atom. The van der Waals surface area contributed by atoms with Crippen LogP contribution in [-0.2, 0) is 18.0 Å². The number of fused-ring (bicyclic) bond motifs is 1. The van der Waals surface area contributed by atoms with Crippen LogP contribution in [0, 0.1) is 0 Å². The Balaban J connectivity index is 1.85. The molecule has 2 aromatic heterocycles. The van der Waals surface area contributed by atoms with Gasteiger partial charge < -0.3 is 4.98 Å². The van der Waals surface area contributed by atoms with Crippen LogP contribution in [0.4, 0.5) is 13.2 Å². The Hall–Kier alpha value is -2.44. The van der Waals surface area contributed by atoms with Gasteiger partial charge in [0.2, 0.25) is 5.82 Å². The zero-order chi connectivity index (χ0) is 17.5. The molecule has 3 rings (SSSR count). The van der Waals surface area contributed by atoms with Crippen molar-refractivity contribution in [3.63, 3.8) is 0 Å². The second kappa shape index (κ2) is 5.58. The summed E-state index contributed by atoms with van der Waals surface area (Å²) in [6.07, 6.45) is -2.97. The summed E-state index contributed by atoms with van der Waals surface area (Å²) in [5, 5.41) is 0. The van der Waals surface area contributed by atoms with Gasteiger partial charge in [0.05, 0.1) is 6.20 Å². The molecule has 0 fully saturated rings. The molecule has 0 spiro atoms. The number of aromatic amines is 1. The Morgan fingerprint density at radius 3 is 2.25 bits per heavy atom. The molecule has 0 unspecified atom stereocenters. The minimum atomic E-state index is -4.57. The van der Waals surface area contributed by atoms with Gasteiger partial charge in [0.15, 0.2) is 5.65 Å². The Labute approximate surface area is 137 Å². The first kappa shape index (κ1) is 16.4. The molecular weight excluding hydrogens is 317 g/mol. The smallest absolute Gasteiger partial charge is 0.339 e. The number of nitrogens with zero attached hydrogens (tertiary/aromatic N) is 3. The van der Waals surface area contributed by atoms with Gasteiger partial charge in [-0.1, -0.05) is 45.0 Å². The fourth-order valence-corrected chi connectivity index (χ4v) is 2.39. The average Bonchev–Trinajstić information content (AvgIpc) is 2.87. The van der Waals surface area contributed by atoms with E-state index in [1.807, 2.05) is 12.1 Å². The number of hydrogen-bond donors (Lipinski definition) is 1. The molecule has 0 aliphatic heterocycles. The Kier molecular flexibility index (Phi) is 3.81. The van der Waals surface area contributed by atoms with E-state index in [9.17, 15) is 13.2 Å². The van der Waals surface area contributed by atoms with Crippen LogP contribution in [0.5, 0.6) is 0 Å². The second-order valence-corrected chi connectivity index (χ2v) is 6.74. The van der Waals surface area contributed by atoms with E-state index in [0.29, 0.717) is 17.8 Å². The molecule has 4 nitrogen and oxygen atoms in total. The molecule has 0 radical (unpaired) electrons. The first-order chi connectivity index (χ1) is 11.1. The largest absolute Gasteiger partial charge is 0.451 e. The first-order valence-electron chi connectivity index (χ1n) is 7.51. The minimum Gasteiger partial charge on any atom is -0.339 e. The van der Waals surface area contributed by atoms with Crippen LogP contribution < -0.4 is 0 Å². The van der Waals surface area contributed by atoms with Gasteiger partial charge in [-0.05, 0) is 16.5 Å². The van der Waals surface area contributed by atoms with Crippen molar-refractivity contribution in [2.45, 2.75) is 38.8 Å². The van der Waals surface area contributed by atoms with Crippen molar-refractivity contribution in [3.8, 4) is 0 Å². The highest BCUT2D eigenvalue weighted by atomic mass is 19.4. The van der Waals surface area contributed by atoms with Gasteiger partial charge in [-0.3, -0.25) is 0 Å². The summed E-state index contributed by atoms with van der Waals surface area (Å²) < 4.78 is 37.9. The predicted octanol–water partition coefficient (Wildman–Crippen LogP) is 4.26. The number of halogens is 3. The van der Waals surface area contributed by atoms with Crippen molar-refractivity contribution in [3.05, 3.63) is 53.2 Å². The molecule has 0 aliphatic carbocycles. The summed E-state index contributed by atoms with van der Waals surface area (Å²) in [5.74, 6) is -0.621. The van der Waals surface area contributed by atoms with E-state index in [1.165, 1.54) is 5.56 Å². The van der Waals surface area contributed by atoms with Crippen molar-refractivity contribution >= 4 is 11.2 Å². The summed E-state index contributed by atoms with van der Waals surface area (Å²) >= 11 is 0. The number of nitrogens with one attached hydrogen (secondary N) is 1. The van der Waals surface area contributed by atoms with Gasteiger partial charge in [0.1, 0.15) is 11.3 Å². The number of H-pyrrole nitrogens is 1. The summed E-state index contributed by atoms with van der Waals surface area (Å²) in [6.45, 7) is 6.41. The molecule has 3 aromatic rings. The number of aromatic nitrogens is 4. The van der Waals surface area contributed by atoms with Crippen molar-refractivity contribution in [1.82, 2.24) is 19.9 Å². The zero-order valence-electron chi connectivity index (χ0n) is 13.6. The quantitative estimate of drug-likeness (QED) is 0.762. The van der Waals surface area contributed by atoms with E-state index < -0.39 is 12.0 Å². The third-order valence-corrected chi connectivity index (χ3v) is 3.73. The zero-order valence-corrected chi connectivity index (χ0v) is 13.6. The van der Waals surface area contributed by atoms with E-state index >= 15 is 0 Å². The molecule has 0 atom stereocenters. The molecule has 0 bridgehead atoms. The van der Waals surface area contributed by atoms with E-state index in [2.05, 4.69) is 52.8 Å². The maximum absolute atomic E-state index is 12.6. The van der Waals surface area contributed by atoms with Gasteiger partial charge in [-0.25, -0.2) is 15.0 Å². The molecule has 1 N–H and O–H groups in total. The minimum absolute atomic E-state index is 0.0265. The maximum atomic E-state index is 12.6. The van der Waals surface area contributed by atoms with Crippen LogP contribution in [-0.4, -0.2) is 19.9 Å². The summed E-state index contributed by atoms with van der Waals surface area (Å²) in [7, 11) is 0. The van der Waals surface area contributed by atoms with Gasteiger partial charge in [0.25, 0.3) is 0 Å². The SMILES string of the molecule is CC(C)(C)c1ccc(Cc2nc3nc(C(F)(F)F)ncc3[nH]2)cc1. The lowest BCUT2D eigenvalue weighted by atomic mass is 9.86. The van der Waals surface area contributed by atoms with Gasteiger partial charge >= 0.3 is 6.18 Å². The number of alkyl halides is 3. The molecule has 0 saturated heterocycles. The van der Waals surface area contributed by atoms with Crippen LogP contribution in [0.25, 0.3) is 11.2 Å². The van der Waals surface area contributed by atoms with Crippen LogP contribution in [0.15, 0.2) is 30.5 Å². The third kappa shape index (κ3) is 3.39. The summed E-state index contributed by atoms with van der Waals surface area (Å²) in [4.78, 5) is 13.9. The monoisotopic (exact) mass is 334 g/mol. The highest BCUT2D eigenvalue weighted by Gasteiger charge is 2.35. The fraction of sp³-hybridized carbons (Fsp3) is 0.353. The van der Waals surface area contributed by atoms with Crippen molar-refractivity contribution in [1.29, 1.82) is 0 Å². The molecule has 0 aliphatic rings.